The number of carbonyl (C=O) groups excluding carboxylic acids is 1. The maximum Gasteiger partial charge on any atom is 0.490 e. The van der Waals surface area contributed by atoms with E-state index in [1.807, 2.05) is 12.2 Å². The standard InChI is InChI=1S/C45H52N4O4S.C2HF3O2/c1-44(2)39(48(30-16-8-11-25-41(50)47-46)37-28-26-33-19-12-14-21-35(33)42(37)44)23-9-6-5-7-10-24-40-45(3,4)43-36-22-15-13-20-34(36)27-29-38(43)49(40)31-17-18-32-54(51,52)53;3-2(4,5)1(6)7/h5-7,9-10,12-15,19-24,26-29H,8,11,16-18,25,30-32,46H2,1-4H3,(H-,47,50,51,52,53);(H,6,7). The summed E-state index contributed by atoms with van der Waals surface area (Å²) in [4.78, 5) is 22.8. The van der Waals surface area contributed by atoms with Gasteiger partial charge < -0.3 is 14.6 Å². The minimum absolute atomic E-state index is 0.129. The second kappa shape index (κ2) is 19.4. The average Bonchev–Trinajstić information content (AvgIpc) is 3.56. The third-order valence-corrected chi connectivity index (χ3v) is 12.0. The summed E-state index contributed by atoms with van der Waals surface area (Å²) in [5.41, 5.74) is 9.04. The van der Waals surface area contributed by atoms with Crippen LogP contribution in [-0.2, 0) is 30.5 Å². The number of hydrazine groups is 1. The molecule has 1 amide bonds. The lowest BCUT2D eigenvalue weighted by Gasteiger charge is -2.27. The molecular formula is C47H53F3N4O6S. The molecule has 0 saturated heterocycles. The second-order valence-corrected chi connectivity index (χ2v) is 17.7. The normalized spacial score (nSPS) is 16.5. The zero-order valence-corrected chi connectivity index (χ0v) is 35.7. The Hall–Kier alpha value is -5.57. The number of aliphatic carboxylic acids is 1. The van der Waals surface area contributed by atoms with Crippen molar-refractivity contribution in [3.8, 4) is 0 Å². The topological polar surface area (TPSA) is 156 Å². The lowest BCUT2D eigenvalue weighted by atomic mass is 9.79. The van der Waals surface area contributed by atoms with Gasteiger partial charge in [-0.2, -0.15) is 17.7 Å². The highest BCUT2D eigenvalue weighted by Gasteiger charge is 2.45. The summed E-state index contributed by atoms with van der Waals surface area (Å²) in [6.07, 6.45) is 13.7. The molecule has 0 radical (unpaired) electrons. The molecule has 0 unspecified atom stereocenters. The number of allylic oxidation sites excluding steroid dienone is 8. The van der Waals surface area contributed by atoms with E-state index in [2.05, 4.69) is 146 Å². The number of hydrogen-bond donors (Lipinski definition) is 3. The van der Waals surface area contributed by atoms with Gasteiger partial charge in [-0.15, -0.1) is 0 Å². The fourth-order valence-corrected chi connectivity index (χ4v) is 8.95. The van der Waals surface area contributed by atoms with Crippen LogP contribution in [0.2, 0.25) is 0 Å². The van der Waals surface area contributed by atoms with Gasteiger partial charge in [0.15, 0.2) is 5.71 Å². The number of alkyl halides is 3. The fourth-order valence-electron chi connectivity index (χ4n) is 8.39. The molecule has 4 aromatic rings. The van der Waals surface area contributed by atoms with Crippen LogP contribution in [0.25, 0.3) is 21.5 Å². The number of nitrogens with zero attached hydrogens (tertiary/aromatic N) is 2. The Labute approximate surface area is 355 Å². The molecule has 0 atom stereocenters. The number of carboxylic acids is 1. The van der Waals surface area contributed by atoms with E-state index in [1.165, 1.54) is 44.1 Å². The minimum atomic E-state index is -5.08. The highest BCUT2D eigenvalue weighted by molar-refractivity contribution is 7.85. The van der Waals surface area contributed by atoms with Crippen LogP contribution in [0.1, 0.15) is 77.3 Å². The number of carbonyl (C=O) groups is 2. The first kappa shape index (κ1) is 46.5. The third-order valence-electron chi connectivity index (χ3n) is 11.2. The fraction of sp³-hybridized carbons (Fsp3) is 0.340. The smallest absolute Gasteiger partial charge is 0.490 e. The van der Waals surface area contributed by atoms with Gasteiger partial charge in [0.2, 0.25) is 11.6 Å². The van der Waals surface area contributed by atoms with Crippen LogP contribution in [-0.4, -0.2) is 65.3 Å². The summed E-state index contributed by atoms with van der Waals surface area (Å²) >= 11 is 0. The number of hydrogen-bond acceptors (Lipinski definition) is 7. The highest BCUT2D eigenvalue weighted by Crippen LogP contribution is 2.51. The number of nitrogens with two attached hydrogens (primary N) is 1. The minimum Gasteiger partial charge on any atom is -0.748 e. The highest BCUT2D eigenvalue weighted by atomic mass is 32.2. The first-order chi connectivity index (χ1) is 28.8. The van der Waals surface area contributed by atoms with Crippen molar-refractivity contribution < 1.29 is 45.4 Å². The number of halogens is 3. The van der Waals surface area contributed by atoms with E-state index in [4.69, 9.17) is 15.7 Å². The molecular weight excluding hydrogens is 806 g/mol. The van der Waals surface area contributed by atoms with Gasteiger partial charge in [0.1, 0.15) is 6.54 Å². The van der Waals surface area contributed by atoms with Gasteiger partial charge in [0, 0.05) is 59.6 Å². The number of amides is 1. The largest absolute Gasteiger partial charge is 0.748 e. The lowest BCUT2D eigenvalue weighted by molar-refractivity contribution is -0.438. The number of rotatable bonds is 15. The summed E-state index contributed by atoms with van der Waals surface area (Å²) in [5.74, 6) is 2.04. The van der Waals surface area contributed by atoms with Crippen molar-refractivity contribution in [2.24, 2.45) is 5.84 Å². The van der Waals surface area contributed by atoms with Crippen molar-refractivity contribution in [2.75, 3.05) is 23.7 Å². The van der Waals surface area contributed by atoms with Crippen LogP contribution in [0.4, 0.5) is 24.5 Å². The van der Waals surface area contributed by atoms with Crippen molar-refractivity contribution >= 4 is 60.6 Å². The summed E-state index contributed by atoms with van der Waals surface area (Å²) in [5, 5.41) is 12.0. The van der Waals surface area contributed by atoms with Gasteiger partial charge in [-0.1, -0.05) is 98.8 Å². The van der Waals surface area contributed by atoms with E-state index in [9.17, 15) is 30.9 Å². The Bertz CT molecular complexity index is 2540. The zero-order valence-electron chi connectivity index (χ0n) is 34.8. The lowest BCUT2D eigenvalue weighted by Crippen LogP contribution is -2.29. The molecule has 2 aliphatic heterocycles. The van der Waals surface area contributed by atoms with Crippen molar-refractivity contribution in [2.45, 2.75) is 83.2 Å². The van der Waals surface area contributed by atoms with Crippen molar-refractivity contribution in [1.82, 2.24) is 5.43 Å². The molecule has 61 heavy (non-hydrogen) atoms. The van der Waals surface area contributed by atoms with E-state index < -0.39 is 22.3 Å². The van der Waals surface area contributed by atoms with Crippen molar-refractivity contribution in [3.05, 3.63) is 132 Å². The van der Waals surface area contributed by atoms with Crippen LogP contribution in [0.15, 0.2) is 121 Å². The van der Waals surface area contributed by atoms with E-state index in [0.29, 0.717) is 25.8 Å². The Morgan fingerprint density at radius 3 is 2.02 bits per heavy atom. The first-order valence-electron chi connectivity index (χ1n) is 20.2. The number of unbranched alkanes of at least 4 members (excludes halogenated alkanes) is 3. The van der Waals surface area contributed by atoms with Gasteiger partial charge in [-0.25, -0.2) is 19.1 Å². The van der Waals surface area contributed by atoms with Gasteiger partial charge >= 0.3 is 12.1 Å². The second-order valence-electron chi connectivity index (χ2n) is 16.1. The summed E-state index contributed by atoms with van der Waals surface area (Å²) in [7, 11) is -4.25. The number of benzene rings is 4. The Morgan fingerprint density at radius 2 is 1.39 bits per heavy atom. The van der Waals surface area contributed by atoms with Crippen LogP contribution in [0.3, 0.4) is 0 Å². The molecule has 14 heteroatoms. The molecule has 10 nitrogen and oxygen atoms in total. The third kappa shape index (κ3) is 11.0. The molecule has 4 aromatic carbocycles. The van der Waals surface area contributed by atoms with Crippen LogP contribution < -0.4 is 16.2 Å². The molecule has 2 aliphatic rings. The van der Waals surface area contributed by atoms with E-state index in [1.54, 1.807) is 0 Å². The van der Waals surface area contributed by atoms with Crippen LogP contribution >= 0.6 is 0 Å². The molecule has 0 aliphatic carbocycles. The van der Waals surface area contributed by atoms with Gasteiger partial charge in [-0.05, 0) is 84.8 Å². The predicted molar refractivity (Wildman–Crippen MR) is 235 cm³/mol. The monoisotopic (exact) mass is 858 g/mol. The Kier molecular flexibility index (Phi) is 14.8. The number of nitrogens with one attached hydrogen (secondary N) is 1. The summed E-state index contributed by atoms with van der Waals surface area (Å²) in [6, 6.07) is 25.8. The molecule has 0 aromatic heterocycles. The van der Waals surface area contributed by atoms with Crippen molar-refractivity contribution in [3.63, 3.8) is 0 Å². The number of carboxylic acid groups (broad SMARTS) is 1. The molecule has 324 valence electrons. The van der Waals surface area contributed by atoms with Gasteiger partial charge in [-0.3, -0.25) is 10.2 Å². The van der Waals surface area contributed by atoms with E-state index >= 15 is 0 Å². The quantitative estimate of drug-likeness (QED) is 0.0203. The van der Waals surface area contributed by atoms with Crippen molar-refractivity contribution in [1.29, 1.82) is 0 Å². The molecule has 6 rings (SSSR count). The molecule has 4 N–H and O–H groups in total. The average molecular weight is 859 g/mol. The molecule has 0 fully saturated rings. The molecule has 2 heterocycles. The van der Waals surface area contributed by atoms with Gasteiger partial charge in [0.25, 0.3) is 0 Å². The predicted octanol–water partition coefficient (Wildman–Crippen LogP) is 9.23. The van der Waals surface area contributed by atoms with Crippen LogP contribution in [0.5, 0.6) is 0 Å². The van der Waals surface area contributed by atoms with E-state index in [-0.39, 0.29) is 22.5 Å². The summed E-state index contributed by atoms with van der Waals surface area (Å²) in [6.45, 7) is 10.6. The Morgan fingerprint density at radius 1 is 0.803 bits per heavy atom. The number of anilines is 1. The first-order valence-corrected chi connectivity index (χ1v) is 21.8. The maximum atomic E-state index is 11.6. The number of fused-ring (bicyclic) bond motifs is 6. The summed E-state index contributed by atoms with van der Waals surface area (Å²) < 4.78 is 68.0. The molecule has 0 bridgehead atoms. The molecule has 0 saturated carbocycles. The zero-order chi connectivity index (χ0) is 44.6. The Balaban J connectivity index is 0.000000925. The van der Waals surface area contributed by atoms with E-state index in [0.717, 1.165) is 37.2 Å². The molecule has 0 spiro atoms. The maximum absolute atomic E-state index is 11.6. The van der Waals surface area contributed by atoms with Crippen LogP contribution in [0, 0.1) is 0 Å². The van der Waals surface area contributed by atoms with Gasteiger partial charge in [0.05, 0.1) is 15.5 Å². The SMILES string of the molecule is CC1(C)C(/C=C/C=C/C=C/C=C2\N(CCCCS(=O)(=O)[O-])c3ccc4ccccc4c3C2(C)C)=[N+](CCCCCC(=O)NN)c2ccc3ccccc3c21.O=C(O)C(F)(F)F.